The molecule has 106 valence electrons. The molecule has 19 heavy (non-hydrogen) atoms. The van der Waals surface area contributed by atoms with Crippen LogP contribution in [0.4, 0.5) is 5.69 Å². The Balaban J connectivity index is 2.37. The standard InChI is InChI=1S/C15H24N2O2/c1-11(2)13-5-7-14(8-6-13)16-9-15(18)17-12(3)10-19-4/h5-8,11-12,16H,9-10H2,1-4H3,(H,17,18). The fourth-order valence-corrected chi connectivity index (χ4v) is 1.79. The molecule has 0 bridgehead atoms. The number of methoxy groups -OCH3 is 1. The minimum absolute atomic E-state index is 0.0301. The van der Waals surface area contributed by atoms with E-state index in [9.17, 15) is 4.79 Å². The normalized spacial score (nSPS) is 12.3. The highest BCUT2D eigenvalue weighted by Gasteiger charge is 2.06. The van der Waals surface area contributed by atoms with Gasteiger partial charge in [0, 0.05) is 18.8 Å². The molecule has 4 heteroatoms. The number of carbonyl (C=O) groups is 1. The minimum atomic E-state index is -0.0301. The highest BCUT2D eigenvalue weighted by atomic mass is 16.5. The zero-order chi connectivity index (χ0) is 14.3. The van der Waals surface area contributed by atoms with Crippen molar-refractivity contribution in [2.45, 2.75) is 32.7 Å². The lowest BCUT2D eigenvalue weighted by Gasteiger charge is -2.14. The first-order valence-corrected chi connectivity index (χ1v) is 6.65. The van der Waals surface area contributed by atoms with Crippen LogP contribution in [-0.2, 0) is 9.53 Å². The van der Waals surface area contributed by atoms with Gasteiger partial charge in [-0.05, 0) is 30.5 Å². The Labute approximate surface area is 115 Å². The maximum Gasteiger partial charge on any atom is 0.239 e. The van der Waals surface area contributed by atoms with E-state index in [1.807, 2.05) is 19.1 Å². The topological polar surface area (TPSA) is 50.4 Å². The molecule has 0 saturated heterocycles. The second kappa shape index (κ2) is 7.79. The molecule has 1 unspecified atom stereocenters. The first-order valence-electron chi connectivity index (χ1n) is 6.65. The van der Waals surface area contributed by atoms with Crippen LogP contribution in [0.25, 0.3) is 0 Å². The third-order valence-electron chi connectivity index (χ3n) is 2.85. The molecule has 0 heterocycles. The van der Waals surface area contributed by atoms with Gasteiger partial charge in [0.25, 0.3) is 0 Å². The zero-order valence-electron chi connectivity index (χ0n) is 12.2. The fraction of sp³-hybridized carbons (Fsp3) is 0.533. The third kappa shape index (κ3) is 5.75. The van der Waals surface area contributed by atoms with Crippen molar-refractivity contribution >= 4 is 11.6 Å². The first-order chi connectivity index (χ1) is 9.02. The molecule has 0 aliphatic carbocycles. The number of carbonyl (C=O) groups excluding carboxylic acids is 1. The third-order valence-corrected chi connectivity index (χ3v) is 2.85. The summed E-state index contributed by atoms with van der Waals surface area (Å²) in [6.07, 6.45) is 0. The van der Waals surface area contributed by atoms with Crippen molar-refractivity contribution in [3.63, 3.8) is 0 Å². The Morgan fingerprint density at radius 3 is 2.37 bits per heavy atom. The second-order valence-corrected chi connectivity index (χ2v) is 5.05. The van der Waals surface area contributed by atoms with Gasteiger partial charge in [0.05, 0.1) is 13.2 Å². The van der Waals surface area contributed by atoms with Gasteiger partial charge in [0.15, 0.2) is 0 Å². The van der Waals surface area contributed by atoms with Gasteiger partial charge in [-0.3, -0.25) is 4.79 Å². The van der Waals surface area contributed by atoms with Crippen molar-refractivity contribution in [1.29, 1.82) is 0 Å². The number of hydrogen-bond acceptors (Lipinski definition) is 3. The quantitative estimate of drug-likeness (QED) is 0.795. The summed E-state index contributed by atoms with van der Waals surface area (Å²) >= 11 is 0. The van der Waals surface area contributed by atoms with Gasteiger partial charge in [-0.15, -0.1) is 0 Å². The molecule has 0 aliphatic heterocycles. The molecule has 1 atom stereocenters. The van der Waals surface area contributed by atoms with Crippen LogP contribution in [0.2, 0.25) is 0 Å². The van der Waals surface area contributed by atoms with Gasteiger partial charge in [-0.1, -0.05) is 26.0 Å². The summed E-state index contributed by atoms with van der Waals surface area (Å²) in [6, 6.07) is 8.20. The summed E-state index contributed by atoms with van der Waals surface area (Å²) in [5.41, 5.74) is 2.25. The molecular weight excluding hydrogens is 240 g/mol. The summed E-state index contributed by atoms with van der Waals surface area (Å²) < 4.78 is 4.97. The number of hydrogen-bond donors (Lipinski definition) is 2. The molecule has 1 aromatic rings. The Morgan fingerprint density at radius 1 is 1.21 bits per heavy atom. The number of anilines is 1. The number of nitrogens with one attached hydrogen (secondary N) is 2. The summed E-state index contributed by atoms with van der Waals surface area (Å²) in [7, 11) is 1.62. The molecule has 4 nitrogen and oxygen atoms in total. The van der Waals surface area contributed by atoms with E-state index in [4.69, 9.17) is 4.74 Å². The zero-order valence-corrected chi connectivity index (χ0v) is 12.2. The van der Waals surface area contributed by atoms with Crippen LogP contribution in [0.5, 0.6) is 0 Å². The van der Waals surface area contributed by atoms with E-state index in [-0.39, 0.29) is 18.5 Å². The van der Waals surface area contributed by atoms with E-state index in [0.29, 0.717) is 12.5 Å². The Bertz CT molecular complexity index is 388. The van der Waals surface area contributed by atoms with Crippen LogP contribution >= 0.6 is 0 Å². The molecule has 1 amide bonds. The molecule has 1 aromatic carbocycles. The van der Waals surface area contributed by atoms with Gasteiger partial charge in [0.2, 0.25) is 5.91 Å². The van der Waals surface area contributed by atoms with Crippen LogP contribution in [0.1, 0.15) is 32.3 Å². The van der Waals surface area contributed by atoms with Crippen LogP contribution in [0, 0.1) is 0 Å². The smallest absolute Gasteiger partial charge is 0.239 e. The number of benzene rings is 1. The molecule has 0 aromatic heterocycles. The molecule has 0 fully saturated rings. The number of ether oxygens (including phenoxy) is 1. The average Bonchev–Trinajstić information content (AvgIpc) is 2.37. The molecule has 0 spiro atoms. The summed E-state index contributed by atoms with van der Waals surface area (Å²) in [5.74, 6) is 0.490. The molecule has 0 saturated carbocycles. The van der Waals surface area contributed by atoms with Crippen molar-refractivity contribution in [2.24, 2.45) is 0 Å². The Kier molecular flexibility index (Phi) is 6.36. The van der Waals surface area contributed by atoms with Crippen molar-refractivity contribution in [1.82, 2.24) is 5.32 Å². The highest BCUT2D eigenvalue weighted by molar-refractivity contribution is 5.80. The van der Waals surface area contributed by atoms with E-state index < -0.39 is 0 Å². The Hall–Kier alpha value is -1.55. The number of amides is 1. The summed E-state index contributed by atoms with van der Waals surface area (Å²) in [5, 5.41) is 5.96. The van der Waals surface area contributed by atoms with Crippen LogP contribution < -0.4 is 10.6 Å². The van der Waals surface area contributed by atoms with Gasteiger partial charge in [-0.2, -0.15) is 0 Å². The SMILES string of the molecule is COCC(C)NC(=O)CNc1ccc(C(C)C)cc1. The van der Waals surface area contributed by atoms with Crippen molar-refractivity contribution in [2.75, 3.05) is 25.6 Å². The minimum Gasteiger partial charge on any atom is -0.383 e. The van der Waals surface area contributed by atoms with E-state index in [1.165, 1.54) is 5.56 Å². The maximum absolute atomic E-state index is 11.6. The van der Waals surface area contributed by atoms with Gasteiger partial charge in [-0.25, -0.2) is 0 Å². The van der Waals surface area contributed by atoms with Crippen molar-refractivity contribution in [3.8, 4) is 0 Å². The molecular formula is C15H24N2O2. The highest BCUT2D eigenvalue weighted by Crippen LogP contribution is 2.16. The van der Waals surface area contributed by atoms with E-state index in [1.54, 1.807) is 7.11 Å². The van der Waals surface area contributed by atoms with Crippen molar-refractivity contribution < 1.29 is 9.53 Å². The van der Waals surface area contributed by atoms with E-state index in [2.05, 4.69) is 36.6 Å². The molecule has 2 N–H and O–H groups in total. The fourth-order valence-electron chi connectivity index (χ4n) is 1.79. The first kappa shape index (κ1) is 15.5. The van der Waals surface area contributed by atoms with E-state index >= 15 is 0 Å². The van der Waals surface area contributed by atoms with Gasteiger partial charge in [0.1, 0.15) is 0 Å². The maximum atomic E-state index is 11.6. The second-order valence-electron chi connectivity index (χ2n) is 5.05. The van der Waals surface area contributed by atoms with Crippen LogP contribution in [0.3, 0.4) is 0 Å². The monoisotopic (exact) mass is 264 g/mol. The van der Waals surface area contributed by atoms with Gasteiger partial charge < -0.3 is 15.4 Å². The lowest BCUT2D eigenvalue weighted by Crippen LogP contribution is -2.39. The van der Waals surface area contributed by atoms with Crippen LogP contribution in [0.15, 0.2) is 24.3 Å². The van der Waals surface area contributed by atoms with E-state index in [0.717, 1.165) is 5.69 Å². The molecule has 0 radical (unpaired) electrons. The summed E-state index contributed by atoms with van der Waals surface area (Å²) in [6.45, 7) is 7.03. The van der Waals surface area contributed by atoms with Crippen molar-refractivity contribution in [3.05, 3.63) is 29.8 Å². The van der Waals surface area contributed by atoms with Crippen LogP contribution in [-0.4, -0.2) is 32.2 Å². The average molecular weight is 264 g/mol. The number of rotatable bonds is 7. The largest absolute Gasteiger partial charge is 0.383 e. The molecule has 1 rings (SSSR count). The lowest BCUT2D eigenvalue weighted by molar-refractivity contribution is -0.120. The summed E-state index contributed by atoms with van der Waals surface area (Å²) in [4.78, 5) is 11.6. The molecule has 0 aliphatic rings. The Morgan fingerprint density at radius 2 is 1.84 bits per heavy atom. The predicted molar refractivity (Wildman–Crippen MR) is 78.5 cm³/mol. The predicted octanol–water partition coefficient (Wildman–Crippen LogP) is 2.37. The van der Waals surface area contributed by atoms with Gasteiger partial charge >= 0.3 is 0 Å². The lowest BCUT2D eigenvalue weighted by atomic mass is 10.0.